The van der Waals surface area contributed by atoms with E-state index in [1.165, 1.54) is 6.42 Å². The maximum absolute atomic E-state index is 11.7. The standard InChI is InChI=1S/C10H19N3O.ClH/c14-10(13-6-1-2-7-13)12-9-4-3-5-11-8-9;/h9,11H,1-8H2,(H,12,14);1H/t9-;/m0./s1. The van der Waals surface area contributed by atoms with E-state index >= 15 is 0 Å². The molecule has 2 heterocycles. The van der Waals surface area contributed by atoms with Crippen LogP contribution in [0.25, 0.3) is 0 Å². The van der Waals surface area contributed by atoms with Crippen LogP contribution >= 0.6 is 12.4 Å². The Balaban J connectivity index is 0.00000112. The highest BCUT2D eigenvalue weighted by Gasteiger charge is 2.21. The number of likely N-dealkylation sites (tertiary alicyclic amines) is 1. The van der Waals surface area contributed by atoms with Crippen LogP contribution in [-0.4, -0.2) is 43.2 Å². The van der Waals surface area contributed by atoms with Crippen molar-refractivity contribution < 1.29 is 4.79 Å². The highest BCUT2D eigenvalue weighted by molar-refractivity contribution is 5.85. The molecule has 1 atom stereocenters. The molecule has 0 radical (unpaired) electrons. The average molecular weight is 234 g/mol. The van der Waals surface area contributed by atoms with Crippen LogP contribution in [0.3, 0.4) is 0 Å². The number of urea groups is 1. The quantitative estimate of drug-likeness (QED) is 0.709. The van der Waals surface area contributed by atoms with Crippen molar-refractivity contribution in [3.8, 4) is 0 Å². The Hall–Kier alpha value is -0.480. The Morgan fingerprint density at radius 1 is 1.27 bits per heavy atom. The molecule has 0 bridgehead atoms. The second-order valence-corrected chi connectivity index (χ2v) is 4.19. The molecule has 0 saturated carbocycles. The van der Waals surface area contributed by atoms with E-state index in [1.54, 1.807) is 0 Å². The smallest absolute Gasteiger partial charge is 0.317 e. The molecule has 88 valence electrons. The summed E-state index contributed by atoms with van der Waals surface area (Å²) >= 11 is 0. The van der Waals surface area contributed by atoms with Gasteiger partial charge in [-0.25, -0.2) is 4.79 Å². The number of halogens is 1. The van der Waals surface area contributed by atoms with Crippen molar-refractivity contribution in [2.75, 3.05) is 26.2 Å². The van der Waals surface area contributed by atoms with Crippen LogP contribution in [0.2, 0.25) is 0 Å². The minimum absolute atomic E-state index is 0. The Bertz CT molecular complexity index is 201. The lowest BCUT2D eigenvalue weighted by molar-refractivity contribution is 0.201. The molecule has 5 heteroatoms. The van der Waals surface area contributed by atoms with Gasteiger partial charge in [0.15, 0.2) is 0 Å². The van der Waals surface area contributed by atoms with Crippen LogP contribution in [0.1, 0.15) is 25.7 Å². The molecule has 2 aliphatic heterocycles. The fourth-order valence-electron chi connectivity index (χ4n) is 2.16. The molecule has 2 amide bonds. The minimum atomic E-state index is 0. The first kappa shape index (κ1) is 12.6. The van der Waals surface area contributed by atoms with Crippen molar-refractivity contribution in [1.29, 1.82) is 0 Å². The van der Waals surface area contributed by atoms with Gasteiger partial charge in [0, 0.05) is 25.7 Å². The summed E-state index contributed by atoms with van der Waals surface area (Å²) in [5.41, 5.74) is 0. The first-order chi connectivity index (χ1) is 6.86. The molecule has 0 unspecified atom stereocenters. The van der Waals surface area contributed by atoms with E-state index in [0.29, 0.717) is 6.04 Å². The normalized spacial score (nSPS) is 25.9. The van der Waals surface area contributed by atoms with Gasteiger partial charge in [0.2, 0.25) is 0 Å². The van der Waals surface area contributed by atoms with Gasteiger partial charge in [-0.1, -0.05) is 0 Å². The van der Waals surface area contributed by atoms with Gasteiger partial charge < -0.3 is 15.5 Å². The zero-order valence-electron chi connectivity index (χ0n) is 9.00. The molecule has 2 aliphatic rings. The number of nitrogens with zero attached hydrogens (tertiary/aromatic N) is 1. The Kier molecular flexibility index (Phi) is 5.19. The van der Waals surface area contributed by atoms with E-state index in [1.807, 2.05) is 4.90 Å². The Morgan fingerprint density at radius 3 is 2.60 bits per heavy atom. The zero-order chi connectivity index (χ0) is 9.80. The lowest BCUT2D eigenvalue weighted by Crippen LogP contribution is -2.49. The molecule has 2 saturated heterocycles. The molecule has 2 rings (SSSR count). The summed E-state index contributed by atoms with van der Waals surface area (Å²) in [6.45, 7) is 3.90. The molecular formula is C10H20ClN3O. The van der Waals surface area contributed by atoms with Crippen molar-refractivity contribution in [2.24, 2.45) is 0 Å². The van der Waals surface area contributed by atoms with Crippen molar-refractivity contribution in [2.45, 2.75) is 31.7 Å². The van der Waals surface area contributed by atoms with Gasteiger partial charge in [0.05, 0.1) is 0 Å². The fraction of sp³-hybridized carbons (Fsp3) is 0.900. The van der Waals surface area contributed by atoms with Crippen LogP contribution in [0.15, 0.2) is 0 Å². The fourth-order valence-corrected chi connectivity index (χ4v) is 2.16. The lowest BCUT2D eigenvalue weighted by Gasteiger charge is -2.26. The summed E-state index contributed by atoms with van der Waals surface area (Å²) in [5.74, 6) is 0. The monoisotopic (exact) mass is 233 g/mol. The van der Waals surface area contributed by atoms with Crippen LogP contribution < -0.4 is 10.6 Å². The molecule has 2 fully saturated rings. The lowest BCUT2D eigenvalue weighted by atomic mass is 10.1. The third kappa shape index (κ3) is 3.54. The summed E-state index contributed by atoms with van der Waals surface area (Å²) in [4.78, 5) is 13.6. The summed E-state index contributed by atoms with van der Waals surface area (Å²) in [6, 6.07) is 0.480. The zero-order valence-corrected chi connectivity index (χ0v) is 9.81. The molecular weight excluding hydrogens is 214 g/mol. The number of rotatable bonds is 1. The van der Waals surface area contributed by atoms with Crippen molar-refractivity contribution in [3.63, 3.8) is 0 Å². The van der Waals surface area contributed by atoms with Crippen molar-refractivity contribution >= 4 is 18.4 Å². The molecule has 2 N–H and O–H groups in total. The molecule has 0 aromatic carbocycles. The largest absolute Gasteiger partial charge is 0.334 e. The predicted octanol–water partition coefficient (Wildman–Crippen LogP) is 0.966. The van der Waals surface area contributed by atoms with E-state index < -0.39 is 0 Å². The third-order valence-corrected chi connectivity index (χ3v) is 3.02. The van der Waals surface area contributed by atoms with Gasteiger partial charge in [0.25, 0.3) is 0 Å². The van der Waals surface area contributed by atoms with Crippen molar-refractivity contribution in [1.82, 2.24) is 15.5 Å². The second-order valence-electron chi connectivity index (χ2n) is 4.19. The number of hydrogen-bond donors (Lipinski definition) is 2. The SMILES string of the molecule is Cl.O=C(N[C@H]1CCCNC1)N1CCCC1. The maximum Gasteiger partial charge on any atom is 0.317 e. The van der Waals surface area contributed by atoms with Gasteiger partial charge in [-0.2, -0.15) is 0 Å². The number of nitrogens with one attached hydrogen (secondary N) is 2. The first-order valence-electron chi connectivity index (χ1n) is 5.62. The molecule has 4 nitrogen and oxygen atoms in total. The molecule has 15 heavy (non-hydrogen) atoms. The Labute approximate surface area is 97.2 Å². The summed E-state index contributed by atoms with van der Waals surface area (Å²) in [6.07, 6.45) is 4.62. The van der Waals surface area contributed by atoms with E-state index in [4.69, 9.17) is 0 Å². The van der Waals surface area contributed by atoms with Gasteiger partial charge in [-0.05, 0) is 32.2 Å². The number of piperidine rings is 1. The topological polar surface area (TPSA) is 44.4 Å². The third-order valence-electron chi connectivity index (χ3n) is 3.02. The average Bonchev–Trinajstić information content (AvgIpc) is 2.72. The first-order valence-corrected chi connectivity index (χ1v) is 5.62. The van der Waals surface area contributed by atoms with Gasteiger partial charge in [-0.3, -0.25) is 0 Å². The number of amides is 2. The number of carbonyl (C=O) groups is 1. The van der Waals surface area contributed by atoms with E-state index in [0.717, 1.165) is 45.4 Å². The van der Waals surface area contributed by atoms with Gasteiger partial charge in [0.1, 0.15) is 0 Å². The van der Waals surface area contributed by atoms with E-state index in [9.17, 15) is 4.79 Å². The van der Waals surface area contributed by atoms with Gasteiger partial charge in [-0.15, -0.1) is 12.4 Å². The predicted molar refractivity (Wildman–Crippen MR) is 62.5 cm³/mol. The van der Waals surface area contributed by atoms with E-state index in [-0.39, 0.29) is 18.4 Å². The number of hydrogen-bond acceptors (Lipinski definition) is 2. The van der Waals surface area contributed by atoms with Crippen molar-refractivity contribution in [3.05, 3.63) is 0 Å². The summed E-state index contributed by atoms with van der Waals surface area (Å²) < 4.78 is 0. The molecule has 0 spiro atoms. The van der Waals surface area contributed by atoms with E-state index in [2.05, 4.69) is 10.6 Å². The molecule has 0 aromatic rings. The maximum atomic E-state index is 11.7. The highest BCUT2D eigenvalue weighted by atomic mass is 35.5. The molecule has 0 aromatic heterocycles. The van der Waals surface area contributed by atoms with Crippen LogP contribution in [0, 0.1) is 0 Å². The number of carbonyl (C=O) groups excluding carboxylic acids is 1. The van der Waals surface area contributed by atoms with Crippen LogP contribution in [0.4, 0.5) is 4.79 Å². The van der Waals surface area contributed by atoms with Gasteiger partial charge >= 0.3 is 6.03 Å². The second kappa shape index (κ2) is 6.18. The van der Waals surface area contributed by atoms with Crippen LogP contribution in [-0.2, 0) is 0 Å². The Morgan fingerprint density at radius 2 is 2.00 bits per heavy atom. The summed E-state index contributed by atoms with van der Waals surface area (Å²) in [5, 5.41) is 6.38. The molecule has 0 aliphatic carbocycles. The van der Waals surface area contributed by atoms with Crippen LogP contribution in [0.5, 0.6) is 0 Å². The highest BCUT2D eigenvalue weighted by Crippen LogP contribution is 2.08. The minimum Gasteiger partial charge on any atom is -0.334 e. The summed E-state index contributed by atoms with van der Waals surface area (Å²) in [7, 11) is 0.